The first-order chi connectivity index (χ1) is 14.5. The fourth-order valence-electron chi connectivity index (χ4n) is 3.47. The maximum atomic E-state index is 12.7. The van der Waals surface area contributed by atoms with Crippen molar-refractivity contribution in [1.82, 2.24) is 9.21 Å². The SMILES string of the molecule is CN(CCOc1ccccc1)C(=O)CCc1ccc(S(=O)(=O)N2CCCCC2)cc1. The fraction of sp³-hybridized carbons (Fsp3) is 0.435. The van der Waals surface area contributed by atoms with Crippen LogP contribution in [0.2, 0.25) is 0 Å². The quantitative estimate of drug-likeness (QED) is 0.612. The second-order valence-corrected chi connectivity index (χ2v) is 9.52. The summed E-state index contributed by atoms with van der Waals surface area (Å²) in [6.07, 6.45) is 3.88. The number of piperidine rings is 1. The molecule has 1 saturated heterocycles. The Balaban J connectivity index is 1.45. The Hall–Kier alpha value is -2.38. The van der Waals surface area contributed by atoms with Crippen LogP contribution in [-0.2, 0) is 21.2 Å². The standard InChI is InChI=1S/C23H30N2O4S/c1-24(18-19-29-21-8-4-2-5-9-21)23(26)15-12-20-10-13-22(14-11-20)30(27,28)25-16-6-3-7-17-25/h2,4-5,8-11,13-14H,3,6-7,12,15-19H2,1H3. The molecule has 3 rings (SSSR count). The number of likely N-dealkylation sites (N-methyl/N-ethyl adjacent to an activating group) is 1. The Morgan fingerprint density at radius 2 is 1.67 bits per heavy atom. The third kappa shape index (κ3) is 6.06. The van der Waals surface area contributed by atoms with Gasteiger partial charge in [-0.15, -0.1) is 0 Å². The summed E-state index contributed by atoms with van der Waals surface area (Å²) in [5.74, 6) is 0.828. The molecule has 1 aliphatic rings. The van der Waals surface area contributed by atoms with E-state index in [9.17, 15) is 13.2 Å². The van der Waals surface area contributed by atoms with Crippen LogP contribution in [-0.4, -0.2) is 56.8 Å². The molecule has 1 heterocycles. The molecular formula is C23H30N2O4S. The van der Waals surface area contributed by atoms with E-state index in [0.29, 0.717) is 44.0 Å². The molecule has 0 aliphatic carbocycles. The van der Waals surface area contributed by atoms with E-state index in [1.165, 1.54) is 0 Å². The lowest BCUT2D eigenvalue weighted by atomic mass is 10.1. The van der Waals surface area contributed by atoms with Crippen molar-refractivity contribution < 1.29 is 17.9 Å². The third-order valence-corrected chi connectivity index (χ3v) is 7.28. The number of hydrogen-bond donors (Lipinski definition) is 0. The number of aryl methyl sites for hydroxylation is 1. The monoisotopic (exact) mass is 430 g/mol. The average Bonchev–Trinajstić information content (AvgIpc) is 2.79. The van der Waals surface area contributed by atoms with Crippen LogP contribution in [0.15, 0.2) is 59.5 Å². The van der Waals surface area contributed by atoms with E-state index in [-0.39, 0.29) is 5.91 Å². The minimum atomic E-state index is -3.41. The van der Waals surface area contributed by atoms with Crippen LogP contribution in [0.1, 0.15) is 31.2 Å². The molecule has 0 saturated carbocycles. The van der Waals surface area contributed by atoms with Crippen molar-refractivity contribution in [2.75, 3.05) is 33.3 Å². The normalized spacial score (nSPS) is 15.0. The van der Waals surface area contributed by atoms with Crippen molar-refractivity contribution in [1.29, 1.82) is 0 Å². The molecule has 0 aromatic heterocycles. The molecule has 162 valence electrons. The molecule has 1 aliphatic heterocycles. The largest absolute Gasteiger partial charge is 0.492 e. The van der Waals surface area contributed by atoms with Crippen molar-refractivity contribution in [3.63, 3.8) is 0 Å². The molecule has 0 unspecified atom stereocenters. The van der Waals surface area contributed by atoms with Crippen LogP contribution in [0.25, 0.3) is 0 Å². The number of sulfonamides is 1. The highest BCUT2D eigenvalue weighted by atomic mass is 32.2. The van der Waals surface area contributed by atoms with E-state index in [1.807, 2.05) is 42.5 Å². The van der Waals surface area contributed by atoms with Crippen LogP contribution >= 0.6 is 0 Å². The Bertz CT molecular complexity index is 908. The Labute approximate surface area is 179 Å². The van der Waals surface area contributed by atoms with Gasteiger partial charge in [-0.2, -0.15) is 4.31 Å². The van der Waals surface area contributed by atoms with E-state index in [4.69, 9.17) is 4.74 Å². The lowest BCUT2D eigenvalue weighted by Gasteiger charge is -2.25. The number of nitrogens with zero attached hydrogens (tertiary/aromatic N) is 2. The highest BCUT2D eigenvalue weighted by Crippen LogP contribution is 2.21. The molecule has 0 spiro atoms. The fourth-order valence-corrected chi connectivity index (χ4v) is 4.98. The van der Waals surface area contributed by atoms with Gasteiger partial charge < -0.3 is 9.64 Å². The molecule has 2 aromatic rings. The first kappa shape index (κ1) is 22.3. The van der Waals surface area contributed by atoms with Crippen molar-refractivity contribution in [2.24, 2.45) is 0 Å². The topological polar surface area (TPSA) is 66.9 Å². The van der Waals surface area contributed by atoms with E-state index >= 15 is 0 Å². The summed E-state index contributed by atoms with van der Waals surface area (Å²) in [6.45, 7) is 2.15. The Kier molecular flexibility index (Phi) is 7.87. The zero-order valence-corrected chi connectivity index (χ0v) is 18.3. The summed E-state index contributed by atoms with van der Waals surface area (Å²) in [6, 6.07) is 16.4. The van der Waals surface area contributed by atoms with Crippen LogP contribution < -0.4 is 4.74 Å². The first-order valence-electron chi connectivity index (χ1n) is 10.5. The molecule has 0 N–H and O–H groups in total. The van der Waals surface area contributed by atoms with Gasteiger partial charge in [0.2, 0.25) is 15.9 Å². The van der Waals surface area contributed by atoms with E-state index in [2.05, 4.69) is 0 Å². The number of rotatable bonds is 9. The van der Waals surface area contributed by atoms with Gasteiger partial charge in [-0.3, -0.25) is 4.79 Å². The minimum Gasteiger partial charge on any atom is -0.492 e. The minimum absolute atomic E-state index is 0.0386. The molecule has 6 nitrogen and oxygen atoms in total. The number of ether oxygens (including phenoxy) is 1. The van der Waals surface area contributed by atoms with Gasteiger partial charge in [0, 0.05) is 26.6 Å². The van der Waals surface area contributed by atoms with Gasteiger partial charge in [0.1, 0.15) is 12.4 Å². The van der Waals surface area contributed by atoms with Gasteiger partial charge in [0.25, 0.3) is 0 Å². The zero-order chi connectivity index (χ0) is 21.4. The van der Waals surface area contributed by atoms with Crippen molar-refractivity contribution in [2.45, 2.75) is 37.0 Å². The van der Waals surface area contributed by atoms with E-state index in [0.717, 1.165) is 30.6 Å². The van der Waals surface area contributed by atoms with Crippen molar-refractivity contribution >= 4 is 15.9 Å². The number of hydrogen-bond acceptors (Lipinski definition) is 4. The van der Waals surface area contributed by atoms with Crippen molar-refractivity contribution in [3.8, 4) is 5.75 Å². The summed E-state index contributed by atoms with van der Waals surface area (Å²) in [4.78, 5) is 14.4. The van der Waals surface area contributed by atoms with Crippen LogP contribution in [0.3, 0.4) is 0 Å². The Morgan fingerprint density at radius 1 is 1.00 bits per heavy atom. The number of para-hydroxylation sites is 1. The van der Waals surface area contributed by atoms with Gasteiger partial charge in [0.05, 0.1) is 11.4 Å². The van der Waals surface area contributed by atoms with Gasteiger partial charge in [-0.25, -0.2) is 8.42 Å². The number of carbonyl (C=O) groups excluding carboxylic acids is 1. The Morgan fingerprint density at radius 3 is 2.33 bits per heavy atom. The van der Waals surface area contributed by atoms with Crippen molar-refractivity contribution in [3.05, 3.63) is 60.2 Å². The van der Waals surface area contributed by atoms with Crippen LogP contribution in [0, 0.1) is 0 Å². The summed E-state index contributed by atoms with van der Waals surface area (Å²) in [5, 5.41) is 0. The summed E-state index contributed by atoms with van der Waals surface area (Å²) in [5.41, 5.74) is 0.954. The van der Waals surface area contributed by atoms with Crippen LogP contribution in [0.4, 0.5) is 0 Å². The first-order valence-corrected chi connectivity index (χ1v) is 11.9. The van der Waals surface area contributed by atoms with Gasteiger partial charge in [-0.1, -0.05) is 36.8 Å². The maximum Gasteiger partial charge on any atom is 0.243 e. The highest BCUT2D eigenvalue weighted by molar-refractivity contribution is 7.89. The van der Waals surface area contributed by atoms with E-state index in [1.54, 1.807) is 28.4 Å². The highest BCUT2D eigenvalue weighted by Gasteiger charge is 2.25. The molecule has 7 heteroatoms. The van der Waals surface area contributed by atoms with Gasteiger partial charge in [0.15, 0.2) is 0 Å². The molecule has 30 heavy (non-hydrogen) atoms. The predicted octanol–water partition coefficient (Wildman–Crippen LogP) is 3.33. The van der Waals surface area contributed by atoms with Gasteiger partial charge >= 0.3 is 0 Å². The smallest absolute Gasteiger partial charge is 0.243 e. The maximum absolute atomic E-state index is 12.7. The van der Waals surface area contributed by atoms with E-state index < -0.39 is 10.0 Å². The predicted molar refractivity (Wildman–Crippen MR) is 117 cm³/mol. The molecule has 0 radical (unpaired) electrons. The molecule has 0 atom stereocenters. The van der Waals surface area contributed by atoms with Gasteiger partial charge in [-0.05, 0) is 49.1 Å². The number of amides is 1. The lowest BCUT2D eigenvalue weighted by molar-refractivity contribution is -0.130. The second kappa shape index (κ2) is 10.6. The average molecular weight is 431 g/mol. The molecular weight excluding hydrogens is 400 g/mol. The summed E-state index contributed by atoms with van der Waals surface area (Å²) in [7, 11) is -1.64. The lowest BCUT2D eigenvalue weighted by Crippen LogP contribution is -2.35. The molecule has 0 bridgehead atoms. The third-order valence-electron chi connectivity index (χ3n) is 5.37. The second-order valence-electron chi connectivity index (χ2n) is 7.59. The van der Waals surface area contributed by atoms with Crippen LogP contribution in [0.5, 0.6) is 5.75 Å². The summed E-state index contributed by atoms with van der Waals surface area (Å²) >= 11 is 0. The zero-order valence-electron chi connectivity index (χ0n) is 17.5. The number of carbonyl (C=O) groups is 1. The summed E-state index contributed by atoms with van der Waals surface area (Å²) < 4.78 is 32.6. The molecule has 2 aromatic carbocycles. The number of benzene rings is 2. The molecule has 1 amide bonds. The molecule has 1 fully saturated rings.